The molecule has 2 aromatic rings. The van der Waals surface area contributed by atoms with Gasteiger partial charge in [0.05, 0.1) is 6.61 Å². The van der Waals surface area contributed by atoms with Crippen LogP contribution in [0.3, 0.4) is 0 Å². The normalized spacial score (nSPS) is 21.1. The number of hydrogen-bond donors (Lipinski definition) is 0. The summed E-state index contributed by atoms with van der Waals surface area (Å²) in [6.45, 7) is 14.9. The molecule has 3 heterocycles. The van der Waals surface area contributed by atoms with Gasteiger partial charge in [-0.15, -0.1) is 11.3 Å². The van der Waals surface area contributed by atoms with Crippen LogP contribution in [0.25, 0.3) is 0 Å². The zero-order chi connectivity index (χ0) is 19.5. The van der Waals surface area contributed by atoms with Crippen molar-refractivity contribution in [2.75, 3.05) is 26.3 Å². The quantitative estimate of drug-likeness (QED) is 0.611. The van der Waals surface area contributed by atoms with Crippen molar-refractivity contribution in [3.8, 4) is 0 Å². The maximum absolute atomic E-state index is 5.96. The SMILES string of the molecule is CCOC[C@]1(CCc2csc(C)c2)CCN(C(C)(C)c2ccc(C)nc2)C1. The van der Waals surface area contributed by atoms with E-state index in [4.69, 9.17) is 4.74 Å². The lowest BCUT2D eigenvalue weighted by Crippen LogP contribution is -2.42. The number of likely N-dealkylation sites (tertiary alicyclic amines) is 1. The predicted molar refractivity (Wildman–Crippen MR) is 114 cm³/mol. The maximum Gasteiger partial charge on any atom is 0.0535 e. The van der Waals surface area contributed by atoms with Crippen molar-refractivity contribution in [1.29, 1.82) is 0 Å². The Bertz CT molecular complexity index is 737. The molecule has 0 amide bonds. The Hall–Kier alpha value is -1.23. The summed E-state index contributed by atoms with van der Waals surface area (Å²) in [7, 11) is 0. The Labute approximate surface area is 168 Å². The molecule has 27 heavy (non-hydrogen) atoms. The highest BCUT2D eigenvalue weighted by atomic mass is 32.1. The Morgan fingerprint density at radius 1 is 1.30 bits per heavy atom. The van der Waals surface area contributed by atoms with Gasteiger partial charge >= 0.3 is 0 Å². The number of rotatable bonds is 8. The van der Waals surface area contributed by atoms with Crippen molar-refractivity contribution < 1.29 is 4.74 Å². The van der Waals surface area contributed by atoms with Gasteiger partial charge in [-0.2, -0.15) is 0 Å². The molecule has 3 rings (SSSR count). The van der Waals surface area contributed by atoms with Gasteiger partial charge in [0, 0.05) is 40.9 Å². The molecule has 1 fully saturated rings. The highest BCUT2D eigenvalue weighted by Gasteiger charge is 2.43. The smallest absolute Gasteiger partial charge is 0.0535 e. The number of nitrogens with zero attached hydrogens (tertiary/aromatic N) is 2. The Morgan fingerprint density at radius 3 is 2.74 bits per heavy atom. The van der Waals surface area contributed by atoms with E-state index in [1.807, 2.05) is 24.5 Å². The van der Waals surface area contributed by atoms with Gasteiger partial charge in [-0.3, -0.25) is 9.88 Å². The fourth-order valence-corrected chi connectivity index (χ4v) is 4.92. The first kappa shape index (κ1) is 20.5. The van der Waals surface area contributed by atoms with Crippen LogP contribution in [-0.4, -0.2) is 36.2 Å². The van der Waals surface area contributed by atoms with Crippen molar-refractivity contribution in [2.24, 2.45) is 5.41 Å². The standard InChI is InChI=1S/C23H34N2OS/c1-6-26-17-23(10-9-20-13-19(3)27-15-20)11-12-25(16-23)22(4,5)21-8-7-18(2)24-14-21/h7-8,13-15H,6,9-12,16-17H2,1-5H3/t23-/m1/s1. The van der Waals surface area contributed by atoms with Crippen LogP contribution in [0, 0.1) is 19.3 Å². The molecule has 1 saturated heterocycles. The fraction of sp³-hybridized carbons (Fsp3) is 0.609. The summed E-state index contributed by atoms with van der Waals surface area (Å²) >= 11 is 1.86. The molecule has 1 atom stereocenters. The second-order valence-corrected chi connectivity index (χ2v) is 9.74. The molecule has 0 spiro atoms. The summed E-state index contributed by atoms with van der Waals surface area (Å²) in [5, 5.41) is 2.32. The lowest BCUT2D eigenvalue weighted by molar-refractivity contribution is 0.0385. The van der Waals surface area contributed by atoms with E-state index < -0.39 is 0 Å². The third-order valence-corrected chi connectivity index (χ3v) is 7.10. The molecular weight excluding hydrogens is 352 g/mol. The molecule has 1 aliphatic heterocycles. The predicted octanol–water partition coefficient (Wildman–Crippen LogP) is 5.36. The highest BCUT2D eigenvalue weighted by molar-refractivity contribution is 7.10. The summed E-state index contributed by atoms with van der Waals surface area (Å²) in [5.41, 5.74) is 4.10. The van der Waals surface area contributed by atoms with E-state index in [-0.39, 0.29) is 11.0 Å². The first-order valence-electron chi connectivity index (χ1n) is 10.1. The molecule has 3 nitrogen and oxygen atoms in total. The van der Waals surface area contributed by atoms with Gasteiger partial charge in [0.1, 0.15) is 0 Å². The number of pyridine rings is 1. The van der Waals surface area contributed by atoms with Crippen molar-refractivity contribution in [1.82, 2.24) is 9.88 Å². The zero-order valence-electron chi connectivity index (χ0n) is 17.5. The van der Waals surface area contributed by atoms with E-state index in [0.717, 1.165) is 38.4 Å². The molecule has 0 radical (unpaired) electrons. The van der Waals surface area contributed by atoms with Gasteiger partial charge in [0.2, 0.25) is 0 Å². The first-order valence-corrected chi connectivity index (χ1v) is 11.0. The number of aryl methyl sites for hydroxylation is 3. The summed E-state index contributed by atoms with van der Waals surface area (Å²) in [6.07, 6.45) is 5.60. The van der Waals surface area contributed by atoms with Crippen LogP contribution < -0.4 is 0 Å². The lowest BCUT2D eigenvalue weighted by atomic mass is 9.82. The van der Waals surface area contributed by atoms with E-state index in [9.17, 15) is 0 Å². The zero-order valence-corrected chi connectivity index (χ0v) is 18.4. The van der Waals surface area contributed by atoms with Crippen molar-refractivity contribution in [2.45, 2.75) is 59.4 Å². The molecule has 1 aliphatic rings. The van der Waals surface area contributed by atoms with Crippen molar-refractivity contribution in [3.05, 3.63) is 51.5 Å². The van der Waals surface area contributed by atoms with Crippen LogP contribution in [0.15, 0.2) is 29.8 Å². The van der Waals surface area contributed by atoms with Gasteiger partial charge in [-0.1, -0.05) is 6.07 Å². The van der Waals surface area contributed by atoms with Gasteiger partial charge in [-0.05, 0) is 89.1 Å². The average Bonchev–Trinajstić information content (AvgIpc) is 3.26. The minimum Gasteiger partial charge on any atom is -0.381 e. The van der Waals surface area contributed by atoms with Crippen molar-refractivity contribution in [3.63, 3.8) is 0 Å². The largest absolute Gasteiger partial charge is 0.381 e. The summed E-state index contributed by atoms with van der Waals surface area (Å²) in [6, 6.07) is 6.70. The average molecular weight is 387 g/mol. The lowest BCUT2D eigenvalue weighted by Gasteiger charge is -2.38. The monoisotopic (exact) mass is 386 g/mol. The number of aromatic nitrogens is 1. The molecule has 0 unspecified atom stereocenters. The van der Waals surface area contributed by atoms with Gasteiger partial charge in [-0.25, -0.2) is 0 Å². The summed E-state index contributed by atoms with van der Waals surface area (Å²) in [4.78, 5) is 8.57. The minimum absolute atomic E-state index is 0.00632. The van der Waals surface area contributed by atoms with E-state index in [1.165, 1.54) is 28.8 Å². The molecule has 4 heteroatoms. The van der Waals surface area contributed by atoms with E-state index in [0.29, 0.717) is 0 Å². The van der Waals surface area contributed by atoms with E-state index >= 15 is 0 Å². The van der Waals surface area contributed by atoms with Crippen LogP contribution in [0.4, 0.5) is 0 Å². The number of hydrogen-bond acceptors (Lipinski definition) is 4. The molecule has 0 bridgehead atoms. The second kappa shape index (κ2) is 8.42. The molecule has 0 aromatic carbocycles. The second-order valence-electron chi connectivity index (χ2n) is 8.62. The van der Waals surface area contributed by atoms with Crippen LogP contribution in [0.1, 0.15) is 55.3 Å². The number of ether oxygens (including phenoxy) is 1. The third kappa shape index (κ3) is 4.79. The molecule has 0 N–H and O–H groups in total. The number of thiophene rings is 1. The minimum atomic E-state index is -0.00632. The molecule has 0 aliphatic carbocycles. The molecule has 148 valence electrons. The van der Waals surface area contributed by atoms with E-state index in [2.05, 4.69) is 61.2 Å². The Kier molecular flexibility index (Phi) is 6.39. The third-order valence-electron chi connectivity index (χ3n) is 6.19. The van der Waals surface area contributed by atoms with Crippen LogP contribution >= 0.6 is 11.3 Å². The van der Waals surface area contributed by atoms with E-state index in [1.54, 1.807) is 0 Å². The van der Waals surface area contributed by atoms with Gasteiger partial charge in [0.15, 0.2) is 0 Å². The highest BCUT2D eigenvalue weighted by Crippen LogP contribution is 2.41. The van der Waals surface area contributed by atoms with Crippen LogP contribution in [-0.2, 0) is 16.7 Å². The van der Waals surface area contributed by atoms with Gasteiger partial charge in [0.25, 0.3) is 0 Å². The topological polar surface area (TPSA) is 25.4 Å². The maximum atomic E-state index is 5.96. The molecule has 0 saturated carbocycles. The summed E-state index contributed by atoms with van der Waals surface area (Å²) < 4.78 is 5.96. The van der Waals surface area contributed by atoms with Crippen molar-refractivity contribution >= 4 is 11.3 Å². The molecule has 2 aromatic heterocycles. The fourth-order valence-electron chi connectivity index (χ4n) is 4.18. The van der Waals surface area contributed by atoms with Gasteiger partial charge < -0.3 is 4.74 Å². The van der Waals surface area contributed by atoms with Crippen LogP contribution in [0.2, 0.25) is 0 Å². The first-order chi connectivity index (χ1) is 12.8. The summed E-state index contributed by atoms with van der Waals surface area (Å²) in [5.74, 6) is 0. The Morgan fingerprint density at radius 2 is 2.11 bits per heavy atom. The Balaban J connectivity index is 1.73. The van der Waals surface area contributed by atoms with Crippen LogP contribution in [0.5, 0.6) is 0 Å². The molecular formula is C23H34N2OS.